The molecule has 2 aromatic rings. The Balaban J connectivity index is 1.05. The van der Waals surface area contributed by atoms with Crippen LogP contribution >= 0.6 is 0 Å². The largest absolute Gasteiger partial charge is 0.481 e. The number of carbonyl (C=O) groups is 1. The third-order valence-corrected chi connectivity index (χ3v) is 6.95. The Kier molecular flexibility index (Phi) is 6.40. The predicted octanol–water partition coefficient (Wildman–Crippen LogP) is 3.54. The van der Waals surface area contributed by atoms with Crippen LogP contribution in [0, 0.1) is 0 Å². The van der Waals surface area contributed by atoms with Gasteiger partial charge in [0, 0.05) is 45.0 Å². The van der Waals surface area contributed by atoms with Crippen LogP contribution in [0.25, 0.3) is 11.0 Å². The molecule has 3 aliphatic heterocycles. The van der Waals surface area contributed by atoms with Crippen molar-refractivity contribution in [1.82, 2.24) is 19.8 Å². The van der Waals surface area contributed by atoms with Crippen molar-refractivity contribution in [2.45, 2.75) is 18.9 Å². The Hall–Kier alpha value is -4.05. The number of carbonyl (C=O) groups excluding carboxylic acids is 1. The van der Waals surface area contributed by atoms with Crippen molar-refractivity contribution in [3.8, 4) is 5.88 Å². The Morgan fingerprint density at radius 2 is 2.03 bits per heavy atom. The van der Waals surface area contributed by atoms with Gasteiger partial charge in [-0.15, -0.1) is 0 Å². The molecule has 0 spiro atoms. The second-order valence-electron chi connectivity index (χ2n) is 9.29. The fraction of sp³-hybridized carbons (Fsp3) is 0.370. The van der Waals surface area contributed by atoms with Gasteiger partial charge in [0.2, 0.25) is 11.8 Å². The molecule has 2 fully saturated rings. The Morgan fingerprint density at radius 3 is 2.84 bits per heavy atom. The zero-order valence-electron chi connectivity index (χ0n) is 20.7. The van der Waals surface area contributed by atoms with E-state index in [2.05, 4.69) is 25.8 Å². The first-order chi connectivity index (χ1) is 18.2. The van der Waals surface area contributed by atoms with Crippen LogP contribution in [0.4, 0.5) is 10.5 Å². The number of pyridine rings is 2. The van der Waals surface area contributed by atoms with Crippen molar-refractivity contribution in [2.24, 2.45) is 0 Å². The minimum atomic E-state index is -0.416. The van der Waals surface area contributed by atoms with Gasteiger partial charge in [-0.05, 0) is 30.5 Å². The molecule has 1 atom stereocenters. The average Bonchev–Trinajstić information content (AvgIpc) is 3.33. The fourth-order valence-corrected chi connectivity index (χ4v) is 5.00. The van der Waals surface area contributed by atoms with Crippen LogP contribution in [0.2, 0.25) is 0 Å². The van der Waals surface area contributed by atoms with E-state index in [0.29, 0.717) is 30.6 Å². The van der Waals surface area contributed by atoms with Crippen molar-refractivity contribution in [3.63, 3.8) is 0 Å². The second-order valence-corrected chi connectivity index (χ2v) is 9.29. The van der Waals surface area contributed by atoms with Crippen molar-refractivity contribution >= 4 is 22.8 Å². The van der Waals surface area contributed by atoms with E-state index >= 15 is 0 Å². The minimum Gasteiger partial charge on any atom is -0.481 e. The van der Waals surface area contributed by atoms with Gasteiger partial charge in [-0.3, -0.25) is 9.88 Å². The highest BCUT2D eigenvalue weighted by Gasteiger charge is 2.37. The summed E-state index contributed by atoms with van der Waals surface area (Å²) in [5, 5.41) is 0. The molecule has 10 nitrogen and oxygen atoms in total. The number of nitrogens with zero attached hydrogens (tertiary/aromatic N) is 5. The van der Waals surface area contributed by atoms with Gasteiger partial charge < -0.3 is 23.8 Å². The standard InChI is InChI=1S/C27H29N5O5/c1-34-24-8-7-21-26(29-24)22(9-10-28-21)31-13-11-30(12-14-31)15-20-16-32(27(33)36-20)25-18-35-17-23(37-25)19-5-3-2-4-6-19/h2-3,5,7-10,17-18,20H,4,6,11-16H2,1H3/t20-/m0/s1. The van der Waals surface area contributed by atoms with Crippen LogP contribution in [0.3, 0.4) is 0 Å². The van der Waals surface area contributed by atoms with Crippen LogP contribution in [0.15, 0.2) is 72.4 Å². The number of fused-ring (bicyclic) bond motifs is 1. The summed E-state index contributed by atoms with van der Waals surface area (Å²) >= 11 is 0. The molecule has 6 rings (SSSR count). The molecule has 0 saturated carbocycles. The topological polar surface area (TPSA) is 89.5 Å². The van der Waals surface area contributed by atoms with E-state index in [1.165, 1.54) is 11.2 Å². The quantitative estimate of drug-likeness (QED) is 0.587. The number of anilines is 1. The van der Waals surface area contributed by atoms with E-state index in [1.54, 1.807) is 13.4 Å². The highest BCUT2D eigenvalue weighted by molar-refractivity contribution is 5.88. The first-order valence-corrected chi connectivity index (χ1v) is 12.5. The molecule has 4 aliphatic rings. The van der Waals surface area contributed by atoms with Crippen LogP contribution in [-0.2, 0) is 14.2 Å². The maximum Gasteiger partial charge on any atom is 0.417 e. The van der Waals surface area contributed by atoms with Crippen molar-refractivity contribution < 1.29 is 23.7 Å². The summed E-state index contributed by atoms with van der Waals surface area (Å²) in [5.41, 5.74) is 3.78. The minimum absolute atomic E-state index is 0.248. The summed E-state index contributed by atoms with van der Waals surface area (Å²) in [6, 6.07) is 5.76. The van der Waals surface area contributed by atoms with Gasteiger partial charge >= 0.3 is 6.09 Å². The number of hydrogen-bond acceptors (Lipinski definition) is 9. The summed E-state index contributed by atoms with van der Waals surface area (Å²) in [7, 11) is 1.62. The van der Waals surface area contributed by atoms with Crippen molar-refractivity contribution in [1.29, 1.82) is 0 Å². The number of hydrogen-bond donors (Lipinski definition) is 0. The summed E-state index contributed by atoms with van der Waals surface area (Å²) in [6.45, 7) is 4.44. The maximum atomic E-state index is 12.7. The lowest BCUT2D eigenvalue weighted by atomic mass is 10.0. The van der Waals surface area contributed by atoms with Crippen LogP contribution in [0.1, 0.15) is 12.8 Å². The first-order valence-electron chi connectivity index (χ1n) is 12.5. The maximum absolute atomic E-state index is 12.7. The lowest BCUT2D eigenvalue weighted by Crippen LogP contribution is -2.49. The van der Waals surface area contributed by atoms with E-state index < -0.39 is 6.09 Å². The fourth-order valence-electron chi connectivity index (χ4n) is 5.00. The van der Waals surface area contributed by atoms with Crippen LogP contribution < -0.4 is 9.64 Å². The number of piperazine rings is 1. The van der Waals surface area contributed by atoms with Crippen LogP contribution in [0.5, 0.6) is 5.88 Å². The number of aromatic nitrogens is 2. The zero-order chi connectivity index (χ0) is 25.2. The van der Waals surface area contributed by atoms with Gasteiger partial charge in [0.25, 0.3) is 0 Å². The lowest BCUT2D eigenvalue weighted by molar-refractivity contribution is 0.101. The summed E-state index contributed by atoms with van der Waals surface area (Å²) in [4.78, 5) is 27.9. The molecule has 0 bridgehead atoms. The summed E-state index contributed by atoms with van der Waals surface area (Å²) in [6.07, 6.45) is 12.1. The highest BCUT2D eigenvalue weighted by atomic mass is 16.6. The summed E-state index contributed by atoms with van der Waals surface area (Å²) in [5.74, 6) is 1.56. The molecule has 37 heavy (non-hydrogen) atoms. The van der Waals surface area contributed by atoms with Gasteiger partial charge in [-0.1, -0.05) is 18.2 Å². The molecular weight excluding hydrogens is 474 g/mol. The van der Waals surface area contributed by atoms with Crippen molar-refractivity contribution in [3.05, 3.63) is 72.4 Å². The average molecular weight is 504 g/mol. The molecule has 0 aromatic carbocycles. The highest BCUT2D eigenvalue weighted by Crippen LogP contribution is 2.30. The summed E-state index contributed by atoms with van der Waals surface area (Å²) < 4.78 is 22.5. The first kappa shape index (κ1) is 23.4. The number of methoxy groups -OCH3 is 1. The van der Waals surface area contributed by atoms with Gasteiger partial charge in [-0.25, -0.2) is 14.7 Å². The predicted molar refractivity (Wildman–Crippen MR) is 137 cm³/mol. The Morgan fingerprint density at radius 1 is 1.14 bits per heavy atom. The van der Waals surface area contributed by atoms with E-state index in [9.17, 15) is 4.79 Å². The molecule has 1 amide bonds. The Bertz CT molecular complexity index is 1310. The van der Waals surface area contributed by atoms with E-state index in [4.69, 9.17) is 18.9 Å². The van der Waals surface area contributed by atoms with Gasteiger partial charge in [0.05, 0.1) is 24.9 Å². The lowest BCUT2D eigenvalue weighted by Gasteiger charge is -2.36. The van der Waals surface area contributed by atoms with Crippen molar-refractivity contribution in [2.75, 3.05) is 51.3 Å². The van der Waals surface area contributed by atoms with Gasteiger partial charge in [-0.2, -0.15) is 0 Å². The monoisotopic (exact) mass is 503 g/mol. The molecule has 0 radical (unpaired) electrons. The molecule has 10 heteroatoms. The molecule has 1 aliphatic carbocycles. The third kappa shape index (κ3) is 4.84. The SMILES string of the molecule is COc1ccc2nccc(N3CCN(C[C@H]4CN(C5=COC=C(C6=CC=CCC6)O5)C(=O)O4)CC3)c2n1. The molecule has 192 valence electrons. The number of allylic oxidation sites excluding steroid dienone is 4. The molecule has 0 N–H and O–H groups in total. The number of rotatable bonds is 6. The third-order valence-electron chi connectivity index (χ3n) is 6.95. The normalized spacial score (nSPS) is 22.1. The number of amides is 1. The van der Waals surface area contributed by atoms with Crippen LogP contribution in [-0.4, -0.2) is 78.3 Å². The van der Waals surface area contributed by atoms with E-state index in [-0.39, 0.29) is 6.10 Å². The number of cyclic esters (lactones) is 1. The van der Waals surface area contributed by atoms with Gasteiger partial charge in [0.15, 0.2) is 12.0 Å². The molecule has 2 aromatic heterocycles. The second kappa shape index (κ2) is 10.1. The molecule has 5 heterocycles. The van der Waals surface area contributed by atoms with E-state index in [0.717, 1.165) is 61.3 Å². The molecule has 0 unspecified atom stereocenters. The van der Waals surface area contributed by atoms with E-state index in [1.807, 2.05) is 36.5 Å². The Labute approximate surface area is 215 Å². The van der Waals surface area contributed by atoms with Gasteiger partial charge in [0.1, 0.15) is 17.9 Å². The smallest absolute Gasteiger partial charge is 0.417 e. The molecular formula is C27H29N5O5. The number of ether oxygens (including phenoxy) is 4. The molecule has 2 saturated heterocycles. The zero-order valence-corrected chi connectivity index (χ0v) is 20.7.